The van der Waals surface area contributed by atoms with Gasteiger partial charge in [-0.05, 0) is 113 Å². The molecular formula is C59H91ClN2O16. The molecule has 2 amide bonds. The van der Waals surface area contributed by atoms with Crippen molar-refractivity contribution in [1.29, 1.82) is 0 Å². The number of methoxy groups -OCH3 is 3. The number of fused-ring (bicyclic) bond motifs is 3. The summed E-state index contributed by atoms with van der Waals surface area (Å²) in [7, 11) is 4.43. The van der Waals surface area contributed by atoms with Gasteiger partial charge in [-0.3, -0.25) is 19.2 Å². The second kappa shape index (κ2) is 31.6. The number of halogens is 1. The summed E-state index contributed by atoms with van der Waals surface area (Å²) in [6, 6.07) is -2.33. The lowest BCUT2D eigenvalue weighted by Crippen LogP contribution is -2.61. The fraction of sp³-hybridized carbons (Fsp3) is 0.746. The summed E-state index contributed by atoms with van der Waals surface area (Å²) >= 11 is 6.01. The zero-order valence-electron chi connectivity index (χ0n) is 48.2. The molecule has 0 radical (unpaired) electrons. The zero-order chi connectivity index (χ0) is 58.0. The standard InChI is InChI=1S/C59H91ClN2O16/c1-34(2)33-75-56(68)44(32-60)61-58(70)77-47-24-22-42(29-50(47)73-11)28-38(6)49-31-46(63)37(5)27-40(8)52(65)53(74-12)51(64)39(7)26-35(3)18-14-13-15-19-36(4)48(72-10)30-43-23-21-41(9)59(71,78-43)54(66)55(67)62-25-17-16-20-45(62)57(69)76-49/h13-15,18-19,27,34-35,37-39,41-45,47-50,52-53,65,71H,16-17,20-26,28-33H2,1-12H3,(H,61,70)/b15-13+,18-14-,36-19+,40-27+/t35?,37?,38?,39-,41-,42?,43?,44?,45+,47-,48?,49?,50?,52-,53?,59-/m1/s1. The lowest BCUT2D eigenvalue weighted by molar-refractivity contribution is -0.265. The first-order valence-corrected chi connectivity index (χ1v) is 28.6. The predicted octanol–water partition coefficient (Wildman–Crippen LogP) is 7.72. The smallest absolute Gasteiger partial charge is 0.408 e. The van der Waals surface area contributed by atoms with Crippen LogP contribution in [-0.4, -0.2) is 157 Å². The molecule has 440 valence electrons. The van der Waals surface area contributed by atoms with Crippen molar-refractivity contribution in [3.05, 3.63) is 47.6 Å². The number of hydrogen-bond acceptors (Lipinski definition) is 16. The normalized spacial score (nSPS) is 35.9. The maximum Gasteiger partial charge on any atom is 0.408 e. The van der Waals surface area contributed by atoms with Crippen molar-refractivity contribution in [2.24, 2.45) is 41.4 Å². The first kappa shape index (κ1) is 66.2. The number of ketones is 3. The fourth-order valence-corrected chi connectivity index (χ4v) is 11.3. The van der Waals surface area contributed by atoms with E-state index in [4.69, 9.17) is 44.8 Å². The lowest BCUT2D eigenvalue weighted by atomic mass is 9.78. The molecule has 1 saturated carbocycles. The van der Waals surface area contributed by atoms with Gasteiger partial charge in [0.2, 0.25) is 5.79 Å². The maximum absolute atomic E-state index is 14.6. The van der Waals surface area contributed by atoms with E-state index in [1.807, 2.05) is 65.0 Å². The van der Waals surface area contributed by atoms with E-state index < -0.39 is 114 Å². The number of allylic oxidation sites excluding steroid dienone is 6. The highest BCUT2D eigenvalue weighted by Gasteiger charge is 2.53. The van der Waals surface area contributed by atoms with Gasteiger partial charge in [0.05, 0.1) is 30.8 Å². The third-order valence-electron chi connectivity index (χ3n) is 16.0. The van der Waals surface area contributed by atoms with Crippen LogP contribution in [0.3, 0.4) is 0 Å². The van der Waals surface area contributed by atoms with Crippen LogP contribution in [0.1, 0.15) is 139 Å². The molecule has 19 heteroatoms. The van der Waals surface area contributed by atoms with Crippen LogP contribution in [0.15, 0.2) is 47.6 Å². The van der Waals surface area contributed by atoms with E-state index in [9.17, 15) is 43.8 Å². The van der Waals surface area contributed by atoms with E-state index in [0.717, 1.165) is 10.5 Å². The Labute approximate surface area is 467 Å². The van der Waals surface area contributed by atoms with Gasteiger partial charge in [0.25, 0.3) is 11.7 Å². The molecule has 0 aromatic carbocycles. The largest absolute Gasteiger partial charge is 0.464 e. The van der Waals surface area contributed by atoms with E-state index in [1.165, 1.54) is 14.2 Å². The maximum atomic E-state index is 14.6. The molecule has 78 heavy (non-hydrogen) atoms. The van der Waals surface area contributed by atoms with Crippen molar-refractivity contribution >= 4 is 52.9 Å². The van der Waals surface area contributed by atoms with Crippen LogP contribution >= 0.6 is 11.6 Å². The Hall–Kier alpha value is -4.30. The lowest BCUT2D eigenvalue weighted by Gasteiger charge is -2.42. The van der Waals surface area contributed by atoms with Gasteiger partial charge in [0, 0.05) is 58.5 Å². The van der Waals surface area contributed by atoms with E-state index in [0.29, 0.717) is 63.4 Å². The number of Topliss-reactive ketones (excluding diaryl/α,β-unsaturated/α-hetero) is 3. The third kappa shape index (κ3) is 18.6. The van der Waals surface area contributed by atoms with E-state index in [-0.39, 0.29) is 67.6 Å². The van der Waals surface area contributed by atoms with E-state index in [2.05, 4.69) is 5.32 Å². The van der Waals surface area contributed by atoms with Gasteiger partial charge in [-0.25, -0.2) is 14.4 Å². The van der Waals surface area contributed by atoms with Crippen molar-refractivity contribution in [1.82, 2.24) is 10.2 Å². The van der Waals surface area contributed by atoms with Crippen LogP contribution in [0, 0.1) is 41.4 Å². The second-order valence-corrected chi connectivity index (χ2v) is 23.2. The minimum Gasteiger partial charge on any atom is -0.464 e. The molecule has 2 bridgehead atoms. The number of nitrogens with one attached hydrogen (secondary N) is 1. The Balaban J connectivity index is 1.65. The summed E-state index contributed by atoms with van der Waals surface area (Å²) in [6.07, 6.45) is 8.74. The number of amides is 2. The first-order valence-electron chi connectivity index (χ1n) is 28.1. The second-order valence-electron chi connectivity index (χ2n) is 22.8. The molecule has 4 aliphatic rings. The number of alkyl carbamates (subject to hydrolysis) is 1. The van der Waals surface area contributed by atoms with Gasteiger partial charge < -0.3 is 53.6 Å². The number of hydrogen-bond donors (Lipinski definition) is 3. The van der Waals surface area contributed by atoms with Gasteiger partial charge >= 0.3 is 18.0 Å². The minimum absolute atomic E-state index is 0.0116. The van der Waals surface area contributed by atoms with Crippen LogP contribution in [0.2, 0.25) is 0 Å². The Bertz CT molecular complexity index is 2160. The van der Waals surface area contributed by atoms with Gasteiger partial charge in [-0.1, -0.05) is 84.9 Å². The number of ether oxygens (including phenoxy) is 7. The van der Waals surface area contributed by atoms with Crippen molar-refractivity contribution in [3.63, 3.8) is 0 Å². The average Bonchev–Trinajstić information content (AvgIpc) is 3.41. The molecular weight excluding hydrogens is 1030 g/mol. The number of nitrogens with zero attached hydrogens (tertiary/aromatic N) is 1. The number of piperidine rings is 1. The number of carbonyl (C=O) groups excluding carboxylic acids is 7. The predicted molar refractivity (Wildman–Crippen MR) is 293 cm³/mol. The first-order chi connectivity index (χ1) is 36.9. The number of aliphatic hydroxyl groups excluding tert-OH is 1. The summed E-state index contributed by atoms with van der Waals surface area (Å²) < 4.78 is 40.8. The van der Waals surface area contributed by atoms with Crippen molar-refractivity contribution in [3.8, 4) is 0 Å². The molecule has 0 aromatic heterocycles. The summed E-state index contributed by atoms with van der Waals surface area (Å²) in [6.45, 7) is 16.5. The molecule has 3 fully saturated rings. The number of carbonyl (C=O) groups is 7. The monoisotopic (exact) mass is 1120 g/mol. The molecule has 4 rings (SSSR count). The van der Waals surface area contributed by atoms with E-state index in [1.54, 1.807) is 40.9 Å². The van der Waals surface area contributed by atoms with Gasteiger partial charge in [0.1, 0.15) is 42.3 Å². The average molecular weight is 1120 g/mol. The fourth-order valence-electron chi connectivity index (χ4n) is 11.1. The molecule has 0 spiro atoms. The van der Waals surface area contributed by atoms with Crippen molar-refractivity contribution in [2.45, 2.75) is 200 Å². The molecule has 3 N–H and O–H groups in total. The van der Waals surface area contributed by atoms with Crippen LogP contribution in [0.25, 0.3) is 0 Å². The van der Waals surface area contributed by atoms with Gasteiger partial charge in [-0.15, -0.1) is 11.6 Å². The van der Waals surface area contributed by atoms with Crippen LogP contribution in [-0.2, 0) is 61.9 Å². The van der Waals surface area contributed by atoms with E-state index >= 15 is 0 Å². The van der Waals surface area contributed by atoms with Crippen LogP contribution in [0.4, 0.5) is 4.79 Å². The Morgan fingerprint density at radius 2 is 1.59 bits per heavy atom. The quantitative estimate of drug-likeness (QED) is 0.0557. The van der Waals surface area contributed by atoms with Gasteiger partial charge in [0.15, 0.2) is 5.78 Å². The Kier molecular flexibility index (Phi) is 26.9. The summed E-state index contributed by atoms with van der Waals surface area (Å²) in [5.74, 6) is -9.52. The Morgan fingerprint density at radius 1 is 0.872 bits per heavy atom. The molecule has 2 saturated heterocycles. The SMILES string of the molecule is COC1CC2CC[C@@H](C)[C@@](O)(O2)C(=O)C(=O)N2CCCC[C@H]2C(=O)OC(C(C)CC2CC[C@@H](OC(=O)NC(CCl)C(=O)OCC(C)C)C(OC)C2)CC(=O)C(C)/C=C(\C)[C@@H](O)C(OC)C(=O)[C@H](C)CC(C)\C=C/C=C/C=C/1C. The highest BCUT2D eigenvalue weighted by molar-refractivity contribution is 6.39. The van der Waals surface area contributed by atoms with Gasteiger partial charge in [-0.2, -0.15) is 0 Å². The molecule has 0 aromatic rings. The third-order valence-corrected chi connectivity index (χ3v) is 16.3. The zero-order valence-corrected chi connectivity index (χ0v) is 49.0. The molecule has 1 aliphatic carbocycles. The van der Waals surface area contributed by atoms with Crippen molar-refractivity contribution in [2.75, 3.05) is 40.4 Å². The summed E-state index contributed by atoms with van der Waals surface area (Å²) in [5.41, 5.74) is 1.20. The minimum atomic E-state index is -2.48. The molecule has 3 heterocycles. The molecule has 16 atom stereocenters. The summed E-state index contributed by atoms with van der Waals surface area (Å²) in [5, 5.41) is 26.1. The molecule has 3 aliphatic heterocycles. The number of rotatable bonds is 12. The number of alkyl halides is 1. The van der Waals surface area contributed by atoms with Crippen LogP contribution in [0.5, 0.6) is 0 Å². The van der Waals surface area contributed by atoms with Crippen LogP contribution < -0.4 is 5.32 Å². The topological polar surface area (TPSA) is 240 Å². The highest BCUT2D eigenvalue weighted by Crippen LogP contribution is 2.38. The Morgan fingerprint density at radius 3 is 2.24 bits per heavy atom. The van der Waals surface area contributed by atoms with Crippen molar-refractivity contribution < 1.29 is 76.9 Å². The highest BCUT2D eigenvalue weighted by atomic mass is 35.5. The number of esters is 2. The molecule has 18 nitrogen and oxygen atoms in total. The molecule has 10 unspecified atom stereocenters. The number of cyclic esters (lactones) is 1. The number of aliphatic hydroxyl groups is 2. The summed E-state index contributed by atoms with van der Waals surface area (Å²) in [4.78, 5) is 98.3.